The smallest absolute Gasteiger partial charge is 0.229 e. The molecule has 4 nitrogen and oxygen atoms in total. The fourth-order valence-corrected chi connectivity index (χ4v) is 3.30. The summed E-state index contributed by atoms with van der Waals surface area (Å²) < 4.78 is 0. The van der Waals surface area contributed by atoms with Crippen LogP contribution in [0.2, 0.25) is 5.02 Å². The Kier molecular flexibility index (Phi) is 5.11. The third-order valence-corrected chi connectivity index (χ3v) is 4.95. The van der Waals surface area contributed by atoms with Crippen LogP contribution >= 0.6 is 23.4 Å². The number of rotatable bonds is 4. The van der Waals surface area contributed by atoms with Crippen LogP contribution in [0.3, 0.4) is 0 Å². The minimum atomic E-state index is -0.364. The maximum atomic E-state index is 12.4. The van der Waals surface area contributed by atoms with Gasteiger partial charge in [0.1, 0.15) is 0 Å². The van der Waals surface area contributed by atoms with Gasteiger partial charge in [0.25, 0.3) is 0 Å². The number of anilines is 2. The van der Waals surface area contributed by atoms with Crippen molar-refractivity contribution in [2.24, 2.45) is 5.92 Å². The molecule has 1 heterocycles. The highest BCUT2D eigenvalue weighted by Gasteiger charge is 2.35. The number of carbonyl (C=O) groups is 2. The van der Waals surface area contributed by atoms with Gasteiger partial charge in [-0.25, -0.2) is 0 Å². The van der Waals surface area contributed by atoms with Crippen LogP contribution in [0, 0.1) is 5.92 Å². The molecule has 6 heteroatoms. The van der Waals surface area contributed by atoms with E-state index in [1.54, 1.807) is 40.9 Å². The van der Waals surface area contributed by atoms with Crippen LogP contribution in [-0.4, -0.2) is 24.6 Å². The number of benzene rings is 2. The summed E-state index contributed by atoms with van der Waals surface area (Å²) in [6.07, 6.45) is 2.23. The fourth-order valence-electron chi connectivity index (χ4n) is 2.71. The van der Waals surface area contributed by atoms with Gasteiger partial charge in [0.15, 0.2) is 0 Å². The van der Waals surface area contributed by atoms with Gasteiger partial charge in [0, 0.05) is 34.3 Å². The number of hydrogen-bond acceptors (Lipinski definition) is 3. The van der Waals surface area contributed by atoms with E-state index in [1.807, 2.05) is 30.5 Å². The highest BCUT2D eigenvalue weighted by Crippen LogP contribution is 2.28. The van der Waals surface area contributed by atoms with Crippen LogP contribution in [0.15, 0.2) is 53.4 Å². The highest BCUT2D eigenvalue weighted by atomic mass is 35.5. The summed E-state index contributed by atoms with van der Waals surface area (Å²) >= 11 is 7.57. The summed E-state index contributed by atoms with van der Waals surface area (Å²) in [7, 11) is 0. The van der Waals surface area contributed by atoms with E-state index in [0.717, 1.165) is 10.6 Å². The lowest BCUT2D eigenvalue weighted by Gasteiger charge is -2.17. The molecule has 0 radical (unpaired) electrons. The van der Waals surface area contributed by atoms with Crippen molar-refractivity contribution in [1.82, 2.24) is 0 Å². The van der Waals surface area contributed by atoms with Gasteiger partial charge in [-0.1, -0.05) is 17.7 Å². The molecule has 0 spiro atoms. The molecule has 124 valence electrons. The Morgan fingerprint density at radius 2 is 2.00 bits per heavy atom. The van der Waals surface area contributed by atoms with Gasteiger partial charge >= 0.3 is 0 Å². The summed E-state index contributed by atoms with van der Waals surface area (Å²) in [5.41, 5.74) is 1.47. The molecule has 1 fully saturated rings. The SMILES string of the molecule is CSc1ccc(N2CC(C(=O)Nc3cccc(Cl)c3)CC2=O)cc1. The molecular weight excluding hydrogens is 344 g/mol. The first-order chi connectivity index (χ1) is 11.6. The van der Waals surface area contributed by atoms with E-state index >= 15 is 0 Å². The summed E-state index contributed by atoms with van der Waals surface area (Å²) in [6, 6.07) is 14.8. The Morgan fingerprint density at radius 3 is 2.67 bits per heavy atom. The number of amides is 2. The molecule has 24 heavy (non-hydrogen) atoms. The Bertz CT molecular complexity index is 764. The summed E-state index contributed by atoms with van der Waals surface area (Å²) in [4.78, 5) is 27.5. The van der Waals surface area contributed by atoms with Gasteiger partial charge in [0.05, 0.1) is 5.92 Å². The first-order valence-corrected chi connectivity index (χ1v) is 9.18. The second kappa shape index (κ2) is 7.28. The van der Waals surface area contributed by atoms with Crippen molar-refractivity contribution >= 4 is 46.6 Å². The second-order valence-corrected chi connectivity index (χ2v) is 6.92. The maximum Gasteiger partial charge on any atom is 0.229 e. The molecule has 1 aliphatic heterocycles. The van der Waals surface area contributed by atoms with Crippen LogP contribution in [0.1, 0.15) is 6.42 Å². The number of thioether (sulfide) groups is 1. The molecule has 3 rings (SSSR count). The van der Waals surface area contributed by atoms with Crippen LogP contribution in [0.4, 0.5) is 11.4 Å². The molecule has 1 saturated heterocycles. The Hall–Kier alpha value is -1.98. The maximum absolute atomic E-state index is 12.4. The van der Waals surface area contributed by atoms with Crippen LogP contribution < -0.4 is 10.2 Å². The van der Waals surface area contributed by atoms with Gasteiger partial charge < -0.3 is 10.2 Å². The highest BCUT2D eigenvalue weighted by molar-refractivity contribution is 7.98. The molecule has 1 unspecified atom stereocenters. The second-order valence-electron chi connectivity index (χ2n) is 5.60. The number of carbonyl (C=O) groups excluding carboxylic acids is 2. The van der Waals surface area contributed by atoms with E-state index in [2.05, 4.69) is 5.32 Å². The Morgan fingerprint density at radius 1 is 1.25 bits per heavy atom. The third-order valence-electron chi connectivity index (χ3n) is 3.97. The molecule has 0 bridgehead atoms. The fraction of sp³-hybridized carbons (Fsp3) is 0.222. The number of halogens is 1. The van der Waals surface area contributed by atoms with Crippen LogP contribution in [0.25, 0.3) is 0 Å². The number of hydrogen-bond donors (Lipinski definition) is 1. The van der Waals surface area contributed by atoms with Crippen molar-refractivity contribution in [3.63, 3.8) is 0 Å². The summed E-state index contributed by atoms with van der Waals surface area (Å²) in [5.74, 6) is -0.552. The van der Waals surface area contributed by atoms with Crippen molar-refractivity contribution in [3.05, 3.63) is 53.6 Å². The van der Waals surface area contributed by atoms with Crippen LogP contribution in [-0.2, 0) is 9.59 Å². The molecule has 1 N–H and O–H groups in total. The molecule has 0 aromatic heterocycles. The van der Waals surface area contributed by atoms with Crippen molar-refractivity contribution in [2.45, 2.75) is 11.3 Å². The molecular formula is C18H17ClN2O2S. The zero-order chi connectivity index (χ0) is 17.1. The van der Waals surface area contributed by atoms with Crippen molar-refractivity contribution in [2.75, 3.05) is 23.0 Å². The zero-order valence-electron chi connectivity index (χ0n) is 13.2. The van der Waals surface area contributed by atoms with Gasteiger partial charge in [-0.2, -0.15) is 0 Å². The first kappa shape index (κ1) is 16.9. The third kappa shape index (κ3) is 3.74. The topological polar surface area (TPSA) is 49.4 Å². The standard InChI is InChI=1S/C18H17ClN2O2S/c1-24-16-7-5-15(6-8-16)21-11-12(9-17(21)22)18(23)20-14-4-2-3-13(19)10-14/h2-8,10,12H,9,11H2,1H3,(H,20,23). The van der Waals surface area contributed by atoms with Crippen molar-refractivity contribution in [1.29, 1.82) is 0 Å². The van der Waals surface area contributed by atoms with E-state index in [4.69, 9.17) is 11.6 Å². The predicted molar refractivity (Wildman–Crippen MR) is 98.8 cm³/mol. The lowest BCUT2D eigenvalue weighted by atomic mass is 10.1. The van der Waals surface area contributed by atoms with Crippen molar-refractivity contribution in [3.8, 4) is 0 Å². The van der Waals surface area contributed by atoms with Gasteiger partial charge in [0.2, 0.25) is 11.8 Å². The number of nitrogens with zero attached hydrogens (tertiary/aromatic N) is 1. The summed E-state index contributed by atoms with van der Waals surface area (Å²) in [6.45, 7) is 0.393. The van der Waals surface area contributed by atoms with E-state index < -0.39 is 0 Å². The largest absolute Gasteiger partial charge is 0.326 e. The average Bonchev–Trinajstić information content (AvgIpc) is 2.97. The lowest BCUT2D eigenvalue weighted by Crippen LogP contribution is -2.28. The molecule has 1 atom stereocenters. The predicted octanol–water partition coefficient (Wildman–Crippen LogP) is 4.05. The van der Waals surface area contributed by atoms with Gasteiger partial charge in [-0.15, -0.1) is 11.8 Å². The molecule has 2 aromatic carbocycles. The minimum absolute atomic E-state index is 0.0295. The molecule has 2 amide bonds. The quantitative estimate of drug-likeness (QED) is 0.837. The van der Waals surface area contributed by atoms with Gasteiger partial charge in [-0.05, 0) is 48.7 Å². The molecule has 2 aromatic rings. The zero-order valence-corrected chi connectivity index (χ0v) is 14.7. The Balaban J connectivity index is 1.68. The molecule has 0 saturated carbocycles. The normalized spacial score (nSPS) is 17.2. The first-order valence-electron chi connectivity index (χ1n) is 7.57. The van der Waals surface area contributed by atoms with E-state index in [1.165, 1.54) is 0 Å². The van der Waals surface area contributed by atoms with E-state index in [0.29, 0.717) is 17.3 Å². The molecule has 1 aliphatic rings. The molecule has 0 aliphatic carbocycles. The van der Waals surface area contributed by atoms with Crippen molar-refractivity contribution < 1.29 is 9.59 Å². The average molecular weight is 361 g/mol. The Labute approximate surface area is 150 Å². The van der Waals surface area contributed by atoms with Crippen LogP contribution in [0.5, 0.6) is 0 Å². The van der Waals surface area contributed by atoms with E-state index in [-0.39, 0.29) is 24.2 Å². The van der Waals surface area contributed by atoms with Gasteiger partial charge in [-0.3, -0.25) is 9.59 Å². The lowest BCUT2D eigenvalue weighted by molar-refractivity contribution is -0.122. The summed E-state index contributed by atoms with van der Waals surface area (Å²) in [5, 5.41) is 3.39. The van der Waals surface area contributed by atoms with E-state index in [9.17, 15) is 9.59 Å². The minimum Gasteiger partial charge on any atom is -0.326 e. The monoisotopic (exact) mass is 360 g/mol. The number of nitrogens with one attached hydrogen (secondary N) is 1.